The molecule has 9 heteroatoms. The first-order chi connectivity index (χ1) is 19.0. The van der Waals surface area contributed by atoms with E-state index in [1.165, 1.54) is 6.33 Å². The van der Waals surface area contributed by atoms with Gasteiger partial charge in [-0.15, -0.1) is 0 Å². The number of anilines is 1. The van der Waals surface area contributed by atoms with E-state index in [1.807, 2.05) is 36.4 Å². The van der Waals surface area contributed by atoms with Gasteiger partial charge in [0.2, 0.25) is 0 Å². The van der Waals surface area contributed by atoms with Gasteiger partial charge in [-0.2, -0.15) is 0 Å². The van der Waals surface area contributed by atoms with Crippen LogP contribution in [0.4, 0.5) is 5.82 Å². The number of likely N-dealkylation sites (tertiary alicyclic amines) is 1. The Hall–Kier alpha value is -4.01. The quantitative estimate of drug-likeness (QED) is 0.196. The highest BCUT2D eigenvalue weighted by atomic mass is 35.5. The number of hydrogen-bond acceptors (Lipinski definition) is 7. The van der Waals surface area contributed by atoms with E-state index in [4.69, 9.17) is 16.3 Å². The molecule has 200 valence electrons. The molecule has 0 radical (unpaired) electrons. The molecule has 1 saturated heterocycles. The molecule has 1 aliphatic heterocycles. The molecule has 1 fully saturated rings. The number of para-hydroxylation sites is 1. The average Bonchev–Trinajstić information content (AvgIpc) is 3.24. The van der Waals surface area contributed by atoms with Crippen molar-refractivity contribution in [3.63, 3.8) is 0 Å². The van der Waals surface area contributed by atoms with Crippen molar-refractivity contribution >= 4 is 40.0 Å². The summed E-state index contributed by atoms with van der Waals surface area (Å²) in [6, 6.07) is 14.6. The number of carbonyl (C=O) groups is 2. The minimum atomic E-state index is -0.229. The summed E-state index contributed by atoms with van der Waals surface area (Å²) in [6.45, 7) is 4.04. The van der Waals surface area contributed by atoms with E-state index < -0.39 is 0 Å². The number of halogens is 1. The third kappa shape index (κ3) is 6.53. The third-order valence-corrected chi connectivity index (χ3v) is 7.00. The van der Waals surface area contributed by atoms with E-state index in [-0.39, 0.29) is 17.6 Å². The molecule has 1 aliphatic rings. The second-order valence-corrected chi connectivity index (χ2v) is 10.1. The topological polar surface area (TPSA) is 100 Å². The number of fused-ring (bicyclic) bond motifs is 1. The van der Waals surface area contributed by atoms with Gasteiger partial charge in [0, 0.05) is 37.0 Å². The zero-order valence-electron chi connectivity index (χ0n) is 21.7. The number of benzene rings is 2. The minimum absolute atomic E-state index is 0.0472. The van der Waals surface area contributed by atoms with Crippen LogP contribution in [-0.4, -0.2) is 57.1 Å². The number of nitrogens with one attached hydrogen (secondary N) is 2. The summed E-state index contributed by atoms with van der Waals surface area (Å²) in [7, 11) is 0. The maximum atomic E-state index is 13.7. The number of aromatic nitrogens is 3. The van der Waals surface area contributed by atoms with Crippen molar-refractivity contribution in [2.24, 2.45) is 0 Å². The lowest BCUT2D eigenvalue weighted by Crippen LogP contribution is -2.35. The van der Waals surface area contributed by atoms with E-state index in [1.54, 1.807) is 37.4 Å². The largest absolute Gasteiger partial charge is 0.457 e. The molecule has 2 N–H and O–H groups in total. The van der Waals surface area contributed by atoms with Gasteiger partial charge in [0.25, 0.3) is 0 Å². The molecular weight excluding hydrogens is 514 g/mol. The molecule has 39 heavy (non-hydrogen) atoms. The van der Waals surface area contributed by atoms with Gasteiger partial charge in [-0.25, -0.2) is 9.97 Å². The fraction of sp³-hybridized carbons (Fsp3) is 0.267. The molecule has 0 saturated carbocycles. The Kier molecular flexibility index (Phi) is 8.34. The number of carbonyl (C=O) groups excluding carboxylic acids is 2. The van der Waals surface area contributed by atoms with Crippen molar-refractivity contribution in [1.82, 2.24) is 19.9 Å². The van der Waals surface area contributed by atoms with Crippen LogP contribution in [0, 0.1) is 0 Å². The average molecular weight is 544 g/mol. The zero-order chi connectivity index (χ0) is 27.2. The lowest BCUT2D eigenvalue weighted by atomic mass is 10.0. The molecule has 8 nitrogen and oxygen atoms in total. The molecule has 0 spiro atoms. The Morgan fingerprint density at radius 2 is 1.97 bits per heavy atom. The van der Waals surface area contributed by atoms with Gasteiger partial charge in [0.05, 0.1) is 16.0 Å². The van der Waals surface area contributed by atoms with Gasteiger partial charge < -0.3 is 15.0 Å². The van der Waals surface area contributed by atoms with Gasteiger partial charge in [-0.1, -0.05) is 42.3 Å². The van der Waals surface area contributed by atoms with E-state index in [9.17, 15) is 9.59 Å². The number of hydrogen-bond donors (Lipinski definition) is 2. The Morgan fingerprint density at radius 3 is 2.77 bits per heavy atom. The van der Waals surface area contributed by atoms with Crippen LogP contribution in [0.2, 0.25) is 5.02 Å². The van der Waals surface area contributed by atoms with E-state index in [0.717, 1.165) is 32.4 Å². The summed E-state index contributed by atoms with van der Waals surface area (Å²) in [6.07, 6.45) is 9.81. The monoisotopic (exact) mass is 543 g/mol. The van der Waals surface area contributed by atoms with Crippen molar-refractivity contribution in [2.45, 2.75) is 32.2 Å². The second kappa shape index (κ2) is 12.2. The number of nitrogens with zero attached hydrogens (tertiary/aromatic N) is 3. The second-order valence-electron chi connectivity index (χ2n) is 9.64. The number of ketones is 2. The van der Waals surface area contributed by atoms with Crippen LogP contribution in [0.15, 0.2) is 73.2 Å². The first kappa shape index (κ1) is 26.6. The predicted octanol–water partition coefficient (Wildman–Crippen LogP) is 6.05. The molecule has 2 aromatic heterocycles. The lowest BCUT2D eigenvalue weighted by Gasteiger charge is -2.24. The van der Waals surface area contributed by atoms with Crippen molar-refractivity contribution in [3.05, 3.63) is 89.4 Å². The van der Waals surface area contributed by atoms with Gasteiger partial charge >= 0.3 is 0 Å². The number of ether oxygens (including phenoxy) is 1. The zero-order valence-corrected chi connectivity index (χ0v) is 22.4. The summed E-state index contributed by atoms with van der Waals surface area (Å²) >= 11 is 6.56. The number of aromatic amines is 1. The number of rotatable bonds is 9. The summed E-state index contributed by atoms with van der Waals surface area (Å²) in [4.78, 5) is 39.2. The van der Waals surface area contributed by atoms with E-state index in [0.29, 0.717) is 51.0 Å². The number of allylic oxidation sites excluding steroid dienone is 1. The molecule has 2 aromatic carbocycles. The highest BCUT2D eigenvalue weighted by molar-refractivity contribution is 6.35. The van der Waals surface area contributed by atoms with Crippen molar-refractivity contribution < 1.29 is 14.3 Å². The first-order valence-electron chi connectivity index (χ1n) is 13.0. The highest BCUT2D eigenvalue weighted by Crippen LogP contribution is 2.31. The number of H-pyrrole nitrogens is 1. The molecular formula is C30H30ClN5O3. The van der Waals surface area contributed by atoms with Gasteiger partial charge in [0.1, 0.15) is 29.3 Å². The Morgan fingerprint density at radius 1 is 1.13 bits per heavy atom. The summed E-state index contributed by atoms with van der Waals surface area (Å²) < 4.78 is 5.86. The van der Waals surface area contributed by atoms with Crippen LogP contribution < -0.4 is 10.1 Å². The van der Waals surface area contributed by atoms with Gasteiger partial charge in [0.15, 0.2) is 11.6 Å². The molecule has 0 aliphatic carbocycles. The van der Waals surface area contributed by atoms with Crippen LogP contribution in [0.3, 0.4) is 0 Å². The molecule has 3 heterocycles. The fourth-order valence-corrected chi connectivity index (χ4v) is 5.09. The van der Waals surface area contributed by atoms with Crippen LogP contribution in [-0.2, 0) is 4.79 Å². The summed E-state index contributed by atoms with van der Waals surface area (Å²) in [5, 5.41) is 4.50. The smallest absolute Gasteiger partial charge is 0.196 e. The van der Waals surface area contributed by atoms with Crippen LogP contribution in [0.25, 0.3) is 11.0 Å². The fourth-order valence-electron chi connectivity index (χ4n) is 4.83. The van der Waals surface area contributed by atoms with E-state index in [2.05, 4.69) is 25.2 Å². The van der Waals surface area contributed by atoms with Gasteiger partial charge in [-0.3, -0.25) is 14.5 Å². The maximum absolute atomic E-state index is 13.7. The first-order valence-corrected chi connectivity index (χ1v) is 13.4. The van der Waals surface area contributed by atoms with Crippen LogP contribution in [0.5, 0.6) is 11.5 Å². The Labute approximate surface area is 232 Å². The summed E-state index contributed by atoms with van der Waals surface area (Å²) in [5.74, 6) is 1.65. The Bertz CT molecular complexity index is 1500. The van der Waals surface area contributed by atoms with Crippen LogP contribution in [0.1, 0.15) is 42.1 Å². The lowest BCUT2D eigenvalue weighted by molar-refractivity contribution is -0.112. The SMILES string of the molecule is CC(=O)/C=C/CN1CCCCC(Nc2ncnc3[nH]cc(C(=O)c4ccc(Oc5ccccc5)cc4Cl)c23)C1. The molecule has 5 rings (SSSR count). The third-order valence-electron chi connectivity index (χ3n) is 6.69. The van der Waals surface area contributed by atoms with Crippen molar-refractivity contribution in [2.75, 3.05) is 25.0 Å². The summed E-state index contributed by atoms with van der Waals surface area (Å²) in [5.41, 5.74) is 1.39. The van der Waals surface area contributed by atoms with Crippen molar-refractivity contribution in [3.8, 4) is 11.5 Å². The molecule has 0 amide bonds. The minimum Gasteiger partial charge on any atom is -0.457 e. The molecule has 4 aromatic rings. The van der Waals surface area contributed by atoms with Crippen molar-refractivity contribution in [1.29, 1.82) is 0 Å². The highest BCUT2D eigenvalue weighted by Gasteiger charge is 2.23. The standard InChI is InChI=1S/C30H30ClN5O3/c1-20(37)8-7-15-36-14-6-5-9-21(18-36)35-30-27-25(17-32-29(27)33-19-34-30)28(38)24-13-12-23(16-26(24)31)39-22-10-3-2-4-11-22/h2-4,7-8,10-13,16-17,19,21H,5-6,9,14-15,18H2,1H3,(H2,32,33,34,35)/b8-7+. The normalized spacial score (nSPS) is 16.3. The molecule has 1 atom stereocenters. The molecule has 1 unspecified atom stereocenters. The predicted molar refractivity (Wildman–Crippen MR) is 153 cm³/mol. The van der Waals surface area contributed by atoms with E-state index >= 15 is 0 Å². The van der Waals surface area contributed by atoms with Gasteiger partial charge in [-0.05, 0) is 56.7 Å². The molecule has 0 bridgehead atoms. The Balaban J connectivity index is 1.37. The maximum Gasteiger partial charge on any atom is 0.196 e. The van der Waals surface area contributed by atoms with Crippen LogP contribution >= 0.6 is 11.6 Å².